The fourth-order valence-electron chi connectivity index (χ4n) is 3.07. The van der Waals surface area contributed by atoms with E-state index in [9.17, 15) is 9.59 Å². The first-order valence-corrected chi connectivity index (χ1v) is 7.59. The highest BCUT2D eigenvalue weighted by atomic mass is 16.6. The van der Waals surface area contributed by atoms with Gasteiger partial charge in [0.25, 0.3) is 0 Å². The van der Waals surface area contributed by atoms with Gasteiger partial charge in [-0.15, -0.1) is 0 Å². The summed E-state index contributed by atoms with van der Waals surface area (Å²) in [7, 11) is 1.29. The number of cyclic esters (lactones) is 1. The summed E-state index contributed by atoms with van der Waals surface area (Å²) in [5, 5.41) is 0. The number of hydrogen-bond donors (Lipinski definition) is 0. The zero-order chi connectivity index (χ0) is 16.6. The van der Waals surface area contributed by atoms with E-state index in [4.69, 9.17) is 9.47 Å². The van der Waals surface area contributed by atoms with E-state index in [1.54, 1.807) is 0 Å². The van der Waals surface area contributed by atoms with Crippen molar-refractivity contribution in [1.82, 2.24) is 4.57 Å². The second kappa shape index (κ2) is 5.91. The molecule has 2 heterocycles. The third-order valence-corrected chi connectivity index (χ3v) is 4.45. The molecule has 1 aromatic carbocycles. The van der Waals surface area contributed by atoms with Gasteiger partial charge in [0.05, 0.1) is 13.2 Å². The number of hydrogen-bond acceptors (Lipinski definition) is 4. The van der Waals surface area contributed by atoms with Gasteiger partial charge in [0, 0.05) is 12.1 Å². The second-order valence-corrected chi connectivity index (χ2v) is 5.75. The van der Waals surface area contributed by atoms with Gasteiger partial charge in [0.15, 0.2) is 0 Å². The molecule has 1 aliphatic heterocycles. The summed E-state index contributed by atoms with van der Waals surface area (Å²) in [6.45, 7) is 3.89. The van der Waals surface area contributed by atoms with E-state index in [1.165, 1.54) is 7.11 Å². The van der Waals surface area contributed by atoms with Crippen molar-refractivity contribution in [3.8, 4) is 0 Å². The van der Waals surface area contributed by atoms with Crippen molar-refractivity contribution >= 4 is 11.9 Å². The predicted octanol–water partition coefficient (Wildman–Crippen LogP) is 2.91. The van der Waals surface area contributed by atoms with Gasteiger partial charge >= 0.3 is 11.9 Å². The third-order valence-electron chi connectivity index (χ3n) is 4.45. The van der Waals surface area contributed by atoms with Crippen LogP contribution < -0.4 is 0 Å². The summed E-state index contributed by atoms with van der Waals surface area (Å²) in [6.07, 6.45) is 0.989. The molecule has 0 saturated carbocycles. The lowest BCUT2D eigenvalue weighted by Crippen LogP contribution is -2.38. The van der Waals surface area contributed by atoms with Gasteiger partial charge in [-0.3, -0.25) is 0 Å². The van der Waals surface area contributed by atoms with Crippen LogP contribution in [0, 0.1) is 0 Å². The minimum atomic E-state index is -0.886. The standard InChI is InChI=1S/C18H19NO4/c1-11-14-9-10-19(12(2)13-7-5-4-6-8-13)15(14)17(20)23-16(11)18(21)22-3/h4-12,16H,1-3H3/t11-,12-,16?/m1/s1. The molecule has 0 spiro atoms. The summed E-state index contributed by atoms with van der Waals surface area (Å²) < 4.78 is 12.0. The van der Waals surface area contributed by atoms with Gasteiger partial charge < -0.3 is 14.0 Å². The van der Waals surface area contributed by atoms with Crippen molar-refractivity contribution in [2.75, 3.05) is 7.11 Å². The molecule has 0 bridgehead atoms. The fraction of sp³-hybridized carbons (Fsp3) is 0.333. The third kappa shape index (κ3) is 2.52. The molecule has 5 nitrogen and oxygen atoms in total. The molecule has 0 aliphatic carbocycles. The molecule has 1 unspecified atom stereocenters. The van der Waals surface area contributed by atoms with E-state index in [1.807, 2.05) is 61.0 Å². The molecule has 1 aromatic heterocycles. The maximum Gasteiger partial charge on any atom is 0.356 e. The van der Waals surface area contributed by atoms with Crippen LogP contribution in [0.1, 0.15) is 47.4 Å². The highest BCUT2D eigenvalue weighted by Crippen LogP contribution is 2.35. The number of benzene rings is 1. The molecule has 0 N–H and O–H groups in total. The van der Waals surface area contributed by atoms with E-state index in [-0.39, 0.29) is 12.0 Å². The average molecular weight is 313 g/mol. The Hall–Kier alpha value is -2.56. The van der Waals surface area contributed by atoms with Gasteiger partial charge in [0.2, 0.25) is 6.10 Å². The lowest BCUT2D eigenvalue weighted by atomic mass is 9.92. The summed E-state index contributed by atoms with van der Waals surface area (Å²) in [6, 6.07) is 11.8. The monoisotopic (exact) mass is 313 g/mol. The van der Waals surface area contributed by atoms with Gasteiger partial charge in [0.1, 0.15) is 5.69 Å². The first-order valence-electron chi connectivity index (χ1n) is 7.59. The molecule has 0 amide bonds. The smallest absolute Gasteiger partial charge is 0.356 e. The number of esters is 2. The summed E-state index contributed by atoms with van der Waals surface area (Å²) in [5.74, 6) is -1.25. The molecule has 0 saturated heterocycles. The maximum absolute atomic E-state index is 12.4. The molecule has 1 aliphatic rings. The van der Waals surface area contributed by atoms with E-state index in [0.717, 1.165) is 11.1 Å². The van der Waals surface area contributed by atoms with E-state index < -0.39 is 18.0 Å². The molecule has 3 rings (SSSR count). The van der Waals surface area contributed by atoms with Crippen molar-refractivity contribution in [2.45, 2.75) is 31.9 Å². The Balaban J connectivity index is 2.00. The molecule has 0 fully saturated rings. The summed E-state index contributed by atoms with van der Waals surface area (Å²) in [4.78, 5) is 24.2. The van der Waals surface area contributed by atoms with Crippen LogP contribution in [0.3, 0.4) is 0 Å². The van der Waals surface area contributed by atoms with Gasteiger partial charge in [-0.2, -0.15) is 0 Å². The summed E-state index contributed by atoms with van der Waals surface area (Å²) in [5.41, 5.74) is 2.43. The largest absolute Gasteiger partial charge is 0.466 e. The van der Waals surface area contributed by atoms with Crippen molar-refractivity contribution < 1.29 is 19.1 Å². The first kappa shape index (κ1) is 15.3. The Labute approximate surface area is 134 Å². The minimum Gasteiger partial charge on any atom is -0.466 e. The number of carbonyl (C=O) groups excluding carboxylic acids is 2. The number of fused-ring (bicyclic) bond motifs is 1. The SMILES string of the molecule is COC(=O)C1OC(=O)c2c(ccn2[C@H](C)c2ccccc2)[C@H]1C. The minimum absolute atomic E-state index is 0.00521. The molecular weight excluding hydrogens is 294 g/mol. The van der Waals surface area contributed by atoms with Crippen LogP contribution >= 0.6 is 0 Å². The molecule has 120 valence electrons. The highest BCUT2D eigenvalue weighted by molar-refractivity contribution is 5.94. The Bertz CT molecular complexity index is 735. The van der Waals surface area contributed by atoms with Gasteiger partial charge in [-0.1, -0.05) is 37.3 Å². The van der Waals surface area contributed by atoms with E-state index >= 15 is 0 Å². The number of carbonyl (C=O) groups is 2. The molecular formula is C18H19NO4. The van der Waals surface area contributed by atoms with Gasteiger partial charge in [-0.05, 0) is 24.1 Å². The molecule has 2 aromatic rings. The lowest BCUT2D eigenvalue weighted by Gasteiger charge is -2.28. The second-order valence-electron chi connectivity index (χ2n) is 5.75. The maximum atomic E-state index is 12.4. The number of ether oxygens (including phenoxy) is 2. The van der Waals surface area contributed by atoms with E-state index in [2.05, 4.69) is 0 Å². The van der Waals surface area contributed by atoms with Crippen LogP contribution in [-0.2, 0) is 14.3 Å². The zero-order valence-corrected chi connectivity index (χ0v) is 13.4. The van der Waals surface area contributed by atoms with Crippen LogP contribution in [-0.4, -0.2) is 29.7 Å². The Morgan fingerprint density at radius 3 is 2.61 bits per heavy atom. The molecule has 3 atom stereocenters. The quantitative estimate of drug-likeness (QED) is 0.818. The normalized spacial score (nSPS) is 21.3. The van der Waals surface area contributed by atoms with Gasteiger partial charge in [-0.25, -0.2) is 9.59 Å². The van der Waals surface area contributed by atoms with Crippen LogP contribution in [0.2, 0.25) is 0 Å². The topological polar surface area (TPSA) is 57.5 Å². The average Bonchev–Trinajstić information content (AvgIpc) is 3.03. The zero-order valence-electron chi connectivity index (χ0n) is 13.4. The number of rotatable bonds is 3. The van der Waals surface area contributed by atoms with Crippen LogP contribution in [0.5, 0.6) is 0 Å². The van der Waals surface area contributed by atoms with Crippen LogP contribution in [0.4, 0.5) is 0 Å². The Kier molecular flexibility index (Phi) is 3.94. The number of aromatic nitrogens is 1. The van der Waals surface area contributed by atoms with E-state index in [0.29, 0.717) is 5.69 Å². The molecule has 23 heavy (non-hydrogen) atoms. The fourth-order valence-corrected chi connectivity index (χ4v) is 3.07. The molecule has 0 radical (unpaired) electrons. The van der Waals surface area contributed by atoms with Crippen molar-refractivity contribution in [3.63, 3.8) is 0 Å². The first-order chi connectivity index (χ1) is 11.0. The number of nitrogens with zero attached hydrogens (tertiary/aromatic N) is 1. The van der Waals surface area contributed by atoms with Crippen molar-refractivity contribution in [3.05, 3.63) is 59.4 Å². The predicted molar refractivity (Wildman–Crippen MR) is 84.3 cm³/mol. The lowest BCUT2D eigenvalue weighted by molar-refractivity contribution is -0.152. The summed E-state index contributed by atoms with van der Waals surface area (Å²) >= 11 is 0. The van der Waals surface area contributed by atoms with Crippen LogP contribution in [0.15, 0.2) is 42.6 Å². The van der Waals surface area contributed by atoms with Crippen molar-refractivity contribution in [2.24, 2.45) is 0 Å². The van der Waals surface area contributed by atoms with Crippen molar-refractivity contribution in [1.29, 1.82) is 0 Å². The Morgan fingerprint density at radius 1 is 1.26 bits per heavy atom. The highest BCUT2D eigenvalue weighted by Gasteiger charge is 2.40. The molecule has 5 heteroatoms. The Morgan fingerprint density at radius 2 is 1.96 bits per heavy atom. The number of methoxy groups -OCH3 is 1. The van der Waals surface area contributed by atoms with Crippen LogP contribution in [0.25, 0.3) is 0 Å².